The first-order valence-electron chi connectivity index (χ1n) is 7.17. The summed E-state index contributed by atoms with van der Waals surface area (Å²) in [5, 5.41) is 5.39. The van der Waals surface area contributed by atoms with Crippen molar-refractivity contribution in [2.75, 3.05) is 26.2 Å². The lowest BCUT2D eigenvalue weighted by molar-refractivity contribution is 0.174. The van der Waals surface area contributed by atoms with Gasteiger partial charge in [-0.25, -0.2) is 0 Å². The van der Waals surface area contributed by atoms with E-state index in [1.807, 2.05) is 18.2 Å². The normalized spacial score (nSPS) is 16.3. The van der Waals surface area contributed by atoms with Crippen LogP contribution in [0.15, 0.2) is 18.2 Å². The molecule has 1 heterocycles. The lowest BCUT2D eigenvalue weighted by Crippen LogP contribution is -2.52. The van der Waals surface area contributed by atoms with Crippen molar-refractivity contribution in [1.29, 1.82) is 0 Å². The molecule has 1 saturated heterocycles. The molecule has 0 amide bonds. The van der Waals surface area contributed by atoms with Gasteiger partial charge in [-0.15, -0.1) is 0 Å². The highest BCUT2D eigenvalue weighted by molar-refractivity contribution is 7.80. The van der Waals surface area contributed by atoms with Crippen LogP contribution in [0.2, 0.25) is 10.0 Å². The molecule has 0 spiro atoms. The van der Waals surface area contributed by atoms with E-state index in [1.54, 1.807) is 0 Å². The molecule has 1 aromatic rings. The van der Waals surface area contributed by atoms with Gasteiger partial charge in [-0.2, -0.15) is 0 Å². The Bertz CT molecular complexity index is 500. The lowest BCUT2D eigenvalue weighted by Gasteiger charge is -2.36. The Labute approximate surface area is 142 Å². The highest BCUT2D eigenvalue weighted by Gasteiger charge is 2.19. The molecule has 2 rings (SSSR count). The van der Waals surface area contributed by atoms with E-state index in [2.05, 4.69) is 29.0 Å². The maximum Gasteiger partial charge on any atom is 0.169 e. The minimum absolute atomic E-state index is 0.381. The largest absolute Gasteiger partial charge is 0.360 e. The molecule has 1 N–H and O–H groups in total. The van der Waals surface area contributed by atoms with E-state index >= 15 is 0 Å². The van der Waals surface area contributed by atoms with Crippen LogP contribution in [0.4, 0.5) is 0 Å². The molecule has 1 aromatic carbocycles. The predicted octanol–water partition coefficient (Wildman–Crippen LogP) is 3.39. The van der Waals surface area contributed by atoms with E-state index in [9.17, 15) is 0 Å². The maximum absolute atomic E-state index is 6.06. The van der Waals surface area contributed by atoms with Gasteiger partial charge in [0.25, 0.3) is 0 Å². The Morgan fingerprint density at radius 2 is 1.86 bits per heavy atom. The zero-order valence-corrected chi connectivity index (χ0v) is 14.7. The summed E-state index contributed by atoms with van der Waals surface area (Å²) in [7, 11) is 0. The molecule has 6 heteroatoms. The second kappa shape index (κ2) is 7.63. The lowest BCUT2D eigenvalue weighted by atomic mass is 10.2. The number of hydrogen-bond donors (Lipinski definition) is 1. The molecular weight excluding hydrogens is 325 g/mol. The van der Waals surface area contributed by atoms with Crippen molar-refractivity contribution >= 4 is 40.5 Å². The second-order valence-corrected chi connectivity index (χ2v) is 6.82. The van der Waals surface area contributed by atoms with Crippen LogP contribution in [-0.4, -0.2) is 47.1 Å². The summed E-state index contributed by atoms with van der Waals surface area (Å²) in [6.45, 7) is 9.02. The van der Waals surface area contributed by atoms with Gasteiger partial charge >= 0.3 is 0 Å². The number of nitrogens with zero attached hydrogens (tertiary/aromatic N) is 2. The van der Waals surface area contributed by atoms with E-state index in [1.165, 1.54) is 5.56 Å². The van der Waals surface area contributed by atoms with E-state index in [0.717, 1.165) is 37.8 Å². The summed E-state index contributed by atoms with van der Waals surface area (Å²) >= 11 is 17.4. The molecule has 1 aliphatic rings. The predicted molar refractivity (Wildman–Crippen MR) is 94.2 cm³/mol. The Balaban J connectivity index is 1.84. The number of rotatable bonds is 3. The van der Waals surface area contributed by atoms with Gasteiger partial charge in [-0.05, 0) is 43.8 Å². The zero-order valence-electron chi connectivity index (χ0n) is 12.4. The Kier molecular flexibility index (Phi) is 6.11. The third-order valence-electron chi connectivity index (χ3n) is 3.46. The van der Waals surface area contributed by atoms with Crippen LogP contribution in [0.3, 0.4) is 0 Å². The summed E-state index contributed by atoms with van der Waals surface area (Å²) in [4.78, 5) is 4.65. The van der Waals surface area contributed by atoms with Crippen molar-refractivity contribution in [3.63, 3.8) is 0 Å². The van der Waals surface area contributed by atoms with Gasteiger partial charge in [0, 0.05) is 38.8 Å². The summed E-state index contributed by atoms with van der Waals surface area (Å²) < 4.78 is 0. The molecule has 0 unspecified atom stereocenters. The first-order chi connectivity index (χ1) is 9.95. The summed E-state index contributed by atoms with van der Waals surface area (Å²) in [5.74, 6) is 0. The second-order valence-electron chi connectivity index (χ2n) is 5.62. The van der Waals surface area contributed by atoms with Crippen molar-refractivity contribution in [3.8, 4) is 0 Å². The third kappa shape index (κ3) is 4.99. The molecule has 0 saturated carbocycles. The van der Waals surface area contributed by atoms with Crippen LogP contribution in [0.25, 0.3) is 0 Å². The number of hydrogen-bond acceptors (Lipinski definition) is 2. The van der Waals surface area contributed by atoms with Crippen molar-refractivity contribution in [1.82, 2.24) is 15.1 Å². The molecule has 116 valence electrons. The van der Waals surface area contributed by atoms with Gasteiger partial charge < -0.3 is 10.2 Å². The van der Waals surface area contributed by atoms with E-state index in [0.29, 0.717) is 16.1 Å². The number of piperazine rings is 1. The quantitative estimate of drug-likeness (QED) is 0.846. The van der Waals surface area contributed by atoms with Crippen LogP contribution in [-0.2, 0) is 6.54 Å². The number of halogens is 2. The average Bonchev–Trinajstić information content (AvgIpc) is 2.43. The topological polar surface area (TPSA) is 18.5 Å². The molecule has 0 aliphatic carbocycles. The van der Waals surface area contributed by atoms with E-state index < -0.39 is 0 Å². The van der Waals surface area contributed by atoms with Gasteiger partial charge in [-0.3, -0.25) is 4.90 Å². The summed E-state index contributed by atoms with van der Waals surface area (Å²) in [6.07, 6.45) is 0. The Hall–Kier alpha value is -0.550. The van der Waals surface area contributed by atoms with Gasteiger partial charge in [0.15, 0.2) is 5.11 Å². The van der Waals surface area contributed by atoms with Crippen molar-refractivity contribution in [3.05, 3.63) is 33.8 Å². The number of nitrogens with one attached hydrogen (secondary N) is 1. The molecule has 1 aliphatic heterocycles. The third-order valence-corrected chi connectivity index (χ3v) is 4.58. The Morgan fingerprint density at radius 3 is 2.43 bits per heavy atom. The van der Waals surface area contributed by atoms with Crippen LogP contribution >= 0.6 is 35.4 Å². The molecule has 3 nitrogen and oxygen atoms in total. The highest BCUT2D eigenvalue weighted by atomic mass is 35.5. The molecule has 21 heavy (non-hydrogen) atoms. The average molecular weight is 346 g/mol. The van der Waals surface area contributed by atoms with E-state index in [-0.39, 0.29) is 0 Å². The van der Waals surface area contributed by atoms with Crippen molar-refractivity contribution < 1.29 is 0 Å². The highest BCUT2D eigenvalue weighted by Crippen LogP contribution is 2.23. The zero-order chi connectivity index (χ0) is 15.4. The van der Waals surface area contributed by atoms with Gasteiger partial charge in [-0.1, -0.05) is 29.3 Å². The minimum Gasteiger partial charge on any atom is -0.360 e. The molecule has 0 aromatic heterocycles. The van der Waals surface area contributed by atoms with Gasteiger partial charge in [0.1, 0.15) is 0 Å². The minimum atomic E-state index is 0.381. The molecule has 1 fully saturated rings. The van der Waals surface area contributed by atoms with Crippen LogP contribution in [0.5, 0.6) is 0 Å². The summed E-state index contributed by atoms with van der Waals surface area (Å²) in [6, 6.07) is 6.22. The first-order valence-corrected chi connectivity index (χ1v) is 8.34. The van der Waals surface area contributed by atoms with Crippen LogP contribution in [0.1, 0.15) is 19.4 Å². The fraction of sp³-hybridized carbons (Fsp3) is 0.533. The fourth-order valence-corrected chi connectivity index (χ4v) is 3.08. The summed E-state index contributed by atoms with van der Waals surface area (Å²) in [5.41, 5.74) is 1.20. The maximum atomic E-state index is 6.06. The van der Waals surface area contributed by atoms with E-state index in [4.69, 9.17) is 35.4 Å². The number of thiocarbonyl (C=S) groups is 1. The van der Waals surface area contributed by atoms with Crippen LogP contribution < -0.4 is 5.32 Å². The molecule has 0 atom stereocenters. The smallest absolute Gasteiger partial charge is 0.169 e. The number of benzene rings is 1. The molecular formula is C15H21Cl2N3S. The monoisotopic (exact) mass is 345 g/mol. The van der Waals surface area contributed by atoms with Gasteiger partial charge in [0.2, 0.25) is 0 Å². The Morgan fingerprint density at radius 1 is 1.19 bits per heavy atom. The molecule has 0 radical (unpaired) electrons. The van der Waals surface area contributed by atoms with Crippen molar-refractivity contribution in [2.45, 2.75) is 26.4 Å². The SMILES string of the molecule is CC(C)NC(=S)N1CCN(Cc2ccc(Cl)c(Cl)c2)CC1. The first kappa shape index (κ1) is 16.8. The van der Waals surface area contributed by atoms with Gasteiger partial charge in [0.05, 0.1) is 10.0 Å². The molecule has 0 bridgehead atoms. The van der Waals surface area contributed by atoms with Crippen LogP contribution in [0, 0.1) is 0 Å². The standard InChI is InChI=1S/C15H21Cl2N3S/c1-11(2)18-15(21)20-7-5-19(6-8-20)10-12-3-4-13(16)14(17)9-12/h3-4,9,11H,5-8,10H2,1-2H3,(H,18,21). The fourth-order valence-electron chi connectivity index (χ4n) is 2.34. The van der Waals surface area contributed by atoms with Crippen molar-refractivity contribution in [2.24, 2.45) is 0 Å².